The third kappa shape index (κ3) is 2.54. The minimum Gasteiger partial charge on any atom is -0.480 e. The highest BCUT2D eigenvalue weighted by Gasteiger charge is 2.27. The summed E-state index contributed by atoms with van der Waals surface area (Å²) in [5, 5.41) is 5.76. The van der Waals surface area contributed by atoms with Crippen LogP contribution in [-0.2, 0) is 9.59 Å². The fraction of sp³-hybridized carbons (Fsp3) is 0.600. The number of alkyl halides is 2. The van der Waals surface area contributed by atoms with Crippen LogP contribution >= 0.6 is 23.2 Å². The van der Waals surface area contributed by atoms with Gasteiger partial charge in [0.05, 0.1) is 0 Å². The van der Waals surface area contributed by atoms with E-state index in [1.54, 1.807) is 0 Å². The van der Waals surface area contributed by atoms with Crippen molar-refractivity contribution in [3.05, 3.63) is 0 Å². The van der Waals surface area contributed by atoms with Gasteiger partial charge in [0.15, 0.2) is 5.38 Å². The molecule has 0 aliphatic heterocycles. The molecular formula is C5H6Cl2O3. The molecule has 0 amide bonds. The minimum absolute atomic E-state index is 0.441. The van der Waals surface area contributed by atoms with Gasteiger partial charge in [-0.3, -0.25) is 9.59 Å². The molecular weight excluding hydrogens is 179 g/mol. The van der Waals surface area contributed by atoms with E-state index < -0.39 is 22.5 Å². The van der Waals surface area contributed by atoms with Crippen molar-refractivity contribution in [2.24, 2.45) is 0 Å². The summed E-state index contributed by atoms with van der Waals surface area (Å²) in [6.07, 6.45) is 0. The van der Waals surface area contributed by atoms with Crippen molar-refractivity contribution in [1.29, 1.82) is 0 Å². The number of carboxylic acid groups (broad SMARTS) is 1. The van der Waals surface area contributed by atoms with E-state index in [-0.39, 0.29) is 0 Å². The molecule has 0 aliphatic rings. The fourth-order valence-electron chi connectivity index (χ4n) is 0.331. The van der Waals surface area contributed by atoms with Crippen LogP contribution < -0.4 is 0 Å². The van der Waals surface area contributed by atoms with E-state index in [1.807, 2.05) is 0 Å². The molecule has 0 saturated carbocycles. The Bertz CT molecular complexity index is 139. The predicted molar refractivity (Wildman–Crippen MR) is 37.6 cm³/mol. The zero-order valence-corrected chi connectivity index (χ0v) is 6.69. The van der Waals surface area contributed by atoms with Crippen LogP contribution in [0.1, 0.15) is 6.92 Å². The number of halogens is 2. The summed E-state index contributed by atoms with van der Waals surface area (Å²) in [6.45, 7) is 1.19. The lowest BCUT2D eigenvalue weighted by Gasteiger charge is -2.06. The van der Waals surface area contributed by atoms with Gasteiger partial charge in [0.1, 0.15) is 11.2 Å². The van der Waals surface area contributed by atoms with Gasteiger partial charge in [-0.25, -0.2) is 0 Å². The second-order valence-corrected chi connectivity index (χ2v) is 2.69. The zero-order valence-electron chi connectivity index (χ0n) is 5.17. The second-order valence-electron chi connectivity index (χ2n) is 1.75. The summed E-state index contributed by atoms with van der Waals surface area (Å²) in [7, 11) is 0. The van der Waals surface area contributed by atoms with Gasteiger partial charge in [0.2, 0.25) is 0 Å². The maximum Gasteiger partial charge on any atom is 0.323 e. The first-order chi connectivity index (χ1) is 4.46. The number of Topliss-reactive ketones (excluding diaryl/α,β-unsaturated/α-hetero) is 1. The first-order valence-corrected chi connectivity index (χ1v) is 3.35. The Labute approximate surface area is 67.9 Å². The first-order valence-electron chi connectivity index (χ1n) is 2.48. The Morgan fingerprint density at radius 1 is 1.30 bits per heavy atom. The third-order valence-corrected chi connectivity index (χ3v) is 2.01. The van der Waals surface area contributed by atoms with Gasteiger partial charge in [0.25, 0.3) is 0 Å². The van der Waals surface area contributed by atoms with Crippen molar-refractivity contribution < 1.29 is 14.7 Å². The summed E-state index contributed by atoms with van der Waals surface area (Å²) < 4.78 is 0. The molecule has 0 bridgehead atoms. The molecule has 0 radical (unpaired) electrons. The Morgan fingerprint density at radius 3 is 1.80 bits per heavy atom. The molecule has 0 aliphatic carbocycles. The van der Waals surface area contributed by atoms with Crippen LogP contribution in [0.3, 0.4) is 0 Å². The van der Waals surface area contributed by atoms with Gasteiger partial charge in [-0.15, -0.1) is 23.2 Å². The third-order valence-electron chi connectivity index (χ3n) is 0.881. The maximum atomic E-state index is 10.4. The quantitative estimate of drug-likeness (QED) is 0.663. The van der Waals surface area contributed by atoms with Gasteiger partial charge in [0, 0.05) is 0 Å². The van der Waals surface area contributed by atoms with Crippen molar-refractivity contribution >= 4 is 35.0 Å². The lowest BCUT2D eigenvalue weighted by Crippen LogP contribution is -2.29. The fourth-order valence-corrected chi connectivity index (χ4v) is 0.616. The molecule has 3 nitrogen and oxygen atoms in total. The molecule has 0 saturated heterocycles. The summed E-state index contributed by atoms with van der Waals surface area (Å²) >= 11 is 10.5. The molecule has 0 fully saturated rings. The predicted octanol–water partition coefficient (Wildman–Crippen LogP) is 0.875. The molecule has 0 aromatic heterocycles. The normalized spacial score (nSPS) is 15.9. The van der Waals surface area contributed by atoms with E-state index in [0.717, 1.165) is 0 Å². The SMILES string of the molecule is CC(=O)C(Cl)C(Cl)C(=O)O. The summed E-state index contributed by atoms with van der Waals surface area (Å²) in [5.41, 5.74) is 0. The number of carbonyl (C=O) groups excluding carboxylic acids is 1. The van der Waals surface area contributed by atoms with E-state index in [2.05, 4.69) is 0 Å². The number of ketones is 1. The minimum atomic E-state index is -1.33. The molecule has 0 heterocycles. The first kappa shape index (κ1) is 9.72. The summed E-state index contributed by atoms with van der Waals surface area (Å²) in [6, 6.07) is 0. The molecule has 0 spiro atoms. The average Bonchev–Trinajstić information content (AvgIpc) is 1.84. The summed E-state index contributed by atoms with van der Waals surface area (Å²) in [5.74, 6) is -1.72. The molecule has 10 heavy (non-hydrogen) atoms. The Morgan fingerprint density at radius 2 is 1.70 bits per heavy atom. The highest BCUT2D eigenvalue weighted by atomic mass is 35.5. The van der Waals surface area contributed by atoms with Crippen LogP contribution in [0.4, 0.5) is 0 Å². The van der Waals surface area contributed by atoms with Crippen LogP contribution in [0.25, 0.3) is 0 Å². The standard InChI is InChI=1S/C5H6Cl2O3/c1-2(8)3(6)4(7)5(9)10/h3-4H,1H3,(H,9,10). The largest absolute Gasteiger partial charge is 0.480 e. The molecule has 0 aromatic carbocycles. The molecule has 0 aromatic rings. The van der Waals surface area contributed by atoms with Crippen LogP contribution in [-0.4, -0.2) is 27.6 Å². The van der Waals surface area contributed by atoms with Crippen molar-refractivity contribution in [2.75, 3.05) is 0 Å². The van der Waals surface area contributed by atoms with Crippen LogP contribution in [0.15, 0.2) is 0 Å². The lowest BCUT2D eigenvalue weighted by molar-refractivity contribution is -0.137. The molecule has 1 N–H and O–H groups in total. The molecule has 58 valence electrons. The number of aliphatic carboxylic acids is 1. The average molecular weight is 185 g/mol. The van der Waals surface area contributed by atoms with E-state index in [0.29, 0.717) is 0 Å². The van der Waals surface area contributed by atoms with Crippen molar-refractivity contribution in [1.82, 2.24) is 0 Å². The van der Waals surface area contributed by atoms with Crippen LogP contribution in [0.2, 0.25) is 0 Å². The Balaban J connectivity index is 4.07. The number of carboxylic acids is 1. The monoisotopic (exact) mass is 184 g/mol. The second kappa shape index (κ2) is 3.78. The Kier molecular flexibility index (Phi) is 3.68. The molecule has 2 atom stereocenters. The van der Waals surface area contributed by atoms with E-state index in [4.69, 9.17) is 28.3 Å². The molecule has 2 unspecified atom stereocenters. The van der Waals surface area contributed by atoms with Crippen molar-refractivity contribution in [3.8, 4) is 0 Å². The van der Waals surface area contributed by atoms with Gasteiger partial charge in [-0.1, -0.05) is 0 Å². The zero-order chi connectivity index (χ0) is 8.31. The topological polar surface area (TPSA) is 54.4 Å². The number of rotatable bonds is 3. The van der Waals surface area contributed by atoms with E-state index >= 15 is 0 Å². The maximum absolute atomic E-state index is 10.4. The highest BCUT2D eigenvalue weighted by Crippen LogP contribution is 2.10. The number of carbonyl (C=O) groups is 2. The van der Waals surface area contributed by atoms with Gasteiger partial charge < -0.3 is 5.11 Å². The smallest absolute Gasteiger partial charge is 0.323 e. The van der Waals surface area contributed by atoms with E-state index in [1.165, 1.54) is 6.92 Å². The lowest BCUT2D eigenvalue weighted by atomic mass is 10.2. The number of hydrogen-bond donors (Lipinski definition) is 1. The van der Waals surface area contributed by atoms with E-state index in [9.17, 15) is 9.59 Å². The van der Waals surface area contributed by atoms with Gasteiger partial charge in [-0.2, -0.15) is 0 Å². The van der Waals surface area contributed by atoms with Crippen LogP contribution in [0, 0.1) is 0 Å². The van der Waals surface area contributed by atoms with Gasteiger partial charge in [-0.05, 0) is 6.92 Å². The van der Waals surface area contributed by atoms with Crippen molar-refractivity contribution in [2.45, 2.75) is 17.7 Å². The number of hydrogen-bond acceptors (Lipinski definition) is 2. The molecule has 0 rings (SSSR count). The summed E-state index contributed by atoms with van der Waals surface area (Å²) in [4.78, 5) is 20.5. The van der Waals surface area contributed by atoms with Crippen LogP contribution in [0.5, 0.6) is 0 Å². The highest BCUT2D eigenvalue weighted by molar-refractivity contribution is 6.42. The molecule has 5 heteroatoms. The van der Waals surface area contributed by atoms with Gasteiger partial charge >= 0.3 is 5.97 Å². The Hall–Kier alpha value is -0.280. The van der Waals surface area contributed by atoms with Crippen molar-refractivity contribution in [3.63, 3.8) is 0 Å².